The number of halogens is 3. The van der Waals surface area contributed by atoms with Crippen molar-refractivity contribution in [3.8, 4) is 0 Å². The van der Waals surface area contributed by atoms with Gasteiger partial charge in [-0.15, -0.1) is 11.6 Å². The van der Waals surface area contributed by atoms with Gasteiger partial charge in [-0.25, -0.2) is 0 Å². The van der Waals surface area contributed by atoms with Crippen LogP contribution in [0.15, 0.2) is 12.2 Å². The van der Waals surface area contributed by atoms with E-state index in [-0.39, 0.29) is 17.8 Å². The average Bonchev–Trinajstić information content (AvgIpc) is 2.77. The normalized spacial score (nSPS) is 36.8. The van der Waals surface area contributed by atoms with Crippen LogP contribution in [0.25, 0.3) is 0 Å². The van der Waals surface area contributed by atoms with Crippen LogP contribution in [-0.2, 0) is 9.53 Å². The lowest BCUT2D eigenvalue weighted by Gasteiger charge is -2.31. The molecule has 0 aliphatic heterocycles. The van der Waals surface area contributed by atoms with Crippen molar-refractivity contribution in [1.29, 1.82) is 0 Å². The quantitative estimate of drug-likeness (QED) is 0.450. The van der Waals surface area contributed by atoms with Gasteiger partial charge in [0.15, 0.2) is 0 Å². The van der Waals surface area contributed by atoms with Crippen molar-refractivity contribution in [2.45, 2.75) is 24.3 Å². The first-order valence-corrected chi connectivity index (χ1v) is 6.52. The van der Waals surface area contributed by atoms with Crippen LogP contribution in [-0.4, -0.2) is 16.4 Å². The molecule has 1 fully saturated rings. The molecule has 0 radical (unpaired) electrons. The molecule has 2 aliphatic carbocycles. The summed E-state index contributed by atoms with van der Waals surface area (Å²) in [5, 5.41) is 0. The number of hydrogen-bond acceptors (Lipinski definition) is 2. The molecule has 2 bridgehead atoms. The van der Waals surface area contributed by atoms with Crippen LogP contribution in [0.4, 0.5) is 0 Å². The van der Waals surface area contributed by atoms with E-state index in [2.05, 4.69) is 12.2 Å². The average molecular weight is 284 g/mol. The van der Waals surface area contributed by atoms with Crippen molar-refractivity contribution in [1.82, 2.24) is 0 Å². The van der Waals surface area contributed by atoms with Gasteiger partial charge < -0.3 is 4.74 Å². The van der Waals surface area contributed by atoms with Gasteiger partial charge >= 0.3 is 5.97 Å². The molecular weight excluding hydrogens is 270 g/mol. The number of rotatable bonds is 3. The summed E-state index contributed by atoms with van der Waals surface area (Å²) in [6.45, 7) is 1.90. The van der Waals surface area contributed by atoms with E-state index < -0.39 is 9.93 Å². The molecule has 16 heavy (non-hydrogen) atoms. The van der Waals surface area contributed by atoms with Crippen LogP contribution in [0.3, 0.4) is 0 Å². The van der Waals surface area contributed by atoms with Gasteiger partial charge in [-0.05, 0) is 31.6 Å². The van der Waals surface area contributed by atoms with Gasteiger partial charge in [-0.2, -0.15) is 0 Å². The van der Waals surface area contributed by atoms with E-state index in [1.54, 1.807) is 0 Å². The topological polar surface area (TPSA) is 26.3 Å². The highest BCUT2D eigenvalue weighted by molar-refractivity contribution is 6.50. The molecule has 2 aliphatic rings. The Morgan fingerprint density at radius 3 is 2.69 bits per heavy atom. The first kappa shape index (κ1) is 12.5. The third-order valence-corrected chi connectivity index (χ3v) is 4.61. The van der Waals surface area contributed by atoms with Crippen LogP contribution in [0.1, 0.15) is 19.8 Å². The number of esters is 1. The SMILES string of the molecule is CC1(C(=O)OC(Cl)(Cl)CCl)CC2C=CC1C2. The zero-order chi connectivity index (χ0) is 12.0. The maximum absolute atomic E-state index is 12.0. The van der Waals surface area contributed by atoms with Crippen LogP contribution in [0.2, 0.25) is 0 Å². The van der Waals surface area contributed by atoms with Gasteiger partial charge in [0, 0.05) is 0 Å². The molecule has 0 aromatic heterocycles. The summed E-state index contributed by atoms with van der Waals surface area (Å²) < 4.78 is 3.43. The lowest BCUT2D eigenvalue weighted by molar-refractivity contribution is -0.159. The number of ether oxygens (including phenoxy) is 1. The summed E-state index contributed by atoms with van der Waals surface area (Å²) in [4.78, 5) is 12.0. The summed E-state index contributed by atoms with van der Waals surface area (Å²) in [6, 6.07) is 0. The lowest BCUT2D eigenvalue weighted by atomic mass is 9.78. The number of hydrogen-bond donors (Lipinski definition) is 0. The third-order valence-electron chi connectivity index (χ3n) is 3.54. The summed E-state index contributed by atoms with van der Waals surface area (Å²) in [5.41, 5.74) is -0.499. The van der Waals surface area contributed by atoms with Crippen LogP contribution >= 0.6 is 34.8 Å². The van der Waals surface area contributed by atoms with Crippen molar-refractivity contribution in [3.63, 3.8) is 0 Å². The van der Waals surface area contributed by atoms with Gasteiger partial charge in [0.05, 0.1) is 11.3 Å². The summed E-state index contributed by atoms with van der Waals surface area (Å²) >= 11 is 17.0. The third kappa shape index (κ3) is 2.07. The molecule has 1 saturated carbocycles. The summed E-state index contributed by atoms with van der Waals surface area (Å²) in [5.74, 6) is 0.236. The fraction of sp³-hybridized carbons (Fsp3) is 0.727. The van der Waals surface area contributed by atoms with Crippen molar-refractivity contribution >= 4 is 40.8 Å². The van der Waals surface area contributed by atoms with Crippen molar-refractivity contribution < 1.29 is 9.53 Å². The predicted octanol–water partition coefficient (Wildman–Crippen LogP) is 3.50. The minimum absolute atomic E-state index is 0.137. The van der Waals surface area contributed by atoms with Crippen LogP contribution < -0.4 is 0 Å². The van der Waals surface area contributed by atoms with E-state index in [9.17, 15) is 4.79 Å². The van der Waals surface area contributed by atoms with Gasteiger partial charge in [-0.1, -0.05) is 35.4 Å². The number of alkyl halides is 3. The summed E-state index contributed by atoms with van der Waals surface area (Å²) in [7, 11) is 0. The van der Waals surface area contributed by atoms with Crippen molar-refractivity contribution in [3.05, 3.63) is 12.2 Å². The fourth-order valence-corrected chi connectivity index (χ4v) is 2.80. The Hall–Kier alpha value is 0.0800. The zero-order valence-corrected chi connectivity index (χ0v) is 11.1. The monoisotopic (exact) mass is 282 g/mol. The largest absolute Gasteiger partial charge is 0.427 e. The van der Waals surface area contributed by atoms with Gasteiger partial charge in [0.25, 0.3) is 4.52 Å². The minimum Gasteiger partial charge on any atom is -0.427 e. The van der Waals surface area contributed by atoms with Crippen molar-refractivity contribution in [2.24, 2.45) is 17.3 Å². The Morgan fingerprint density at radius 1 is 1.56 bits per heavy atom. The minimum atomic E-state index is -1.62. The van der Waals surface area contributed by atoms with Gasteiger partial charge in [0.1, 0.15) is 0 Å². The number of fused-ring (bicyclic) bond motifs is 2. The molecule has 0 N–H and O–H groups in total. The van der Waals surface area contributed by atoms with Crippen LogP contribution in [0.5, 0.6) is 0 Å². The molecule has 0 spiro atoms. The standard InChI is InChI=1S/C11H13Cl3O2/c1-10(5-7-2-3-8(10)4-7)9(15)16-11(13,14)6-12/h2-3,7-8H,4-6H2,1H3. The Balaban J connectivity index is 2.08. The molecule has 90 valence electrons. The molecule has 5 heteroatoms. The van der Waals surface area contributed by atoms with E-state index in [0.29, 0.717) is 5.92 Å². The Labute approximate surface area is 110 Å². The molecule has 3 unspecified atom stereocenters. The molecule has 0 aromatic carbocycles. The Kier molecular flexibility index (Phi) is 3.19. The molecule has 3 atom stereocenters. The maximum Gasteiger partial charge on any atom is 0.315 e. The second-order valence-corrected chi connectivity index (χ2v) is 6.45. The first-order valence-electron chi connectivity index (χ1n) is 5.23. The second-order valence-electron chi connectivity index (χ2n) is 4.77. The number of carbonyl (C=O) groups is 1. The highest BCUT2D eigenvalue weighted by Crippen LogP contribution is 2.53. The van der Waals surface area contributed by atoms with E-state index in [1.807, 2.05) is 6.92 Å². The molecule has 2 nitrogen and oxygen atoms in total. The summed E-state index contributed by atoms with van der Waals surface area (Å²) in [6.07, 6.45) is 6.07. The van der Waals surface area contributed by atoms with Gasteiger partial charge in [-0.3, -0.25) is 4.79 Å². The molecule has 2 rings (SSSR count). The lowest BCUT2D eigenvalue weighted by Crippen LogP contribution is -2.38. The molecule has 0 aromatic rings. The van der Waals surface area contributed by atoms with E-state index in [4.69, 9.17) is 39.5 Å². The van der Waals surface area contributed by atoms with Gasteiger partial charge in [0.2, 0.25) is 0 Å². The second kappa shape index (κ2) is 4.08. The van der Waals surface area contributed by atoms with E-state index >= 15 is 0 Å². The predicted molar refractivity (Wildman–Crippen MR) is 64.7 cm³/mol. The smallest absolute Gasteiger partial charge is 0.315 e. The van der Waals surface area contributed by atoms with E-state index in [0.717, 1.165) is 12.8 Å². The Morgan fingerprint density at radius 2 is 2.25 bits per heavy atom. The molecule has 0 heterocycles. The molecular formula is C11H13Cl3O2. The first-order chi connectivity index (χ1) is 7.37. The highest BCUT2D eigenvalue weighted by atomic mass is 35.5. The van der Waals surface area contributed by atoms with Crippen molar-refractivity contribution in [2.75, 3.05) is 5.88 Å². The molecule has 0 amide bonds. The fourth-order valence-electron chi connectivity index (χ4n) is 2.61. The highest BCUT2D eigenvalue weighted by Gasteiger charge is 2.52. The Bertz CT molecular complexity index is 340. The van der Waals surface area contributed by atoms with E-state index in [1.165, 1.54) is 0 Å². The number of carbonyl (C=O) groups excluding carboxylic acids is 1. The van der Waals surface area contributed by atoms with Crippen LogP contribution in [0, 0.1) is 17.3 Å². The zero-order valence-electron chi connectivity index (χ0n) is 8.88. The number of allylic oxidation sites excluding steroid dienone is 2. The maximum atomic E-state index is 12.0. The molecule has 0 saturated heterocycles.